The van der Waals surface area contributed by atoms with Crippen molar-refractivity contribution in [1.82, 2.24) is 9.13 Å². The first kappa shape index (κ1) is 28.0. The van der Waals surface area contributed by atoms with E-state index in [0.717, 1.165) is 55.4 Å². The van der Waals surface area contributed by atoms with Crippen LogP contribution in [-0.2, 0) is 0 Å². The Morgan fingerprint density at radius 2 is 1.19 bits per heavy atom. The van der Waals surface area contributed by atoms with Gasteiger partial charge in [0.15, 0.2) is 0 Å². The van der Waals surface area contributed by atoms with E-state index in [1.165, 1.54) is 21.8 Å². The maximum Gasteiger partial charge on any atom is 0.0991 e. The van der Waals surface area contributed by atoms with Gasteiger partial charge in [0.05, 0.1) is 33.7 Å². The van der Waals surface area contributed by atoms with Gasteiger partial charge in [0.1, 0.15) is 0 Å². The number of nitrogens with zero attached hydrogens (tertiary/aromatic N) is 3. The van der Waals surface area contributed by atoms with Crippen LogP contribution in [0.4, 0.5) is 0 Å². The molecule has 2 aromatic heterocycles. The van der Waals surface area contributed by atoms with Crippen molar-refractivity contribution in [3.05, 3.63) is 163 Å². The molecule has 2 heterocycles. The smallest absolute Gasteiger partial charge is 0.0991 e. The lowest BCUT2D eigenvalue weighted by Gasteiger charge is -2.11. The number of benzene rings is 6. The summed E-state index contributed by atoms with van der Waals surface area (Å²) in [4.78, 5) is 0. The van der Waals surface area contributed by atoms with E-state index in [9.17, 15) is 5.26 Å². The van der Waals surface area contributed by atoms with E-state index in [4.69, 9.17) is 6.42 Å². The molecule has 220 valence electrons. The van der Waals surface area contributed by atoms with E-state index in [1.54, 1.807) is 6.08 Å². The number of hydrogen-bond donors (Lipinski definition) is 0. The molecule has 0 N–H and O–H groups in total. The molecule has 0 aliphatic heterocycles. The van der Waals surface area contributed by atoms with Crippen LogP contribution in [0.1, 0.15) is 18.1 Å². The summed E-state index contributed by atoms with van der Waals surface area (Å²) in [6.07, 6.45) is 11.3. The van der Waals surface area contributed by atoms with E-state index in [1.807, 2.05) is 25.1 Å². The standard InChI is InChI=1S/C44H29N3/c1-3-5-12-31(4-2)32-13-11-16-36(26-32)47-42-22-19-30(29-45)25-38(42)40-28-34(21-24-44(40)47)33-20-23-43-39(27-33)37-17-9-10-18-41(37)46(43)35-14-7-6-8-15-35/h1,4-28H,2H3/b12-5-,31-4+. The first-order valence-electron chi connectivity index (χ1n) is 15.7. The van der Waals surface area contributed by atoms with Crippen LogP contribution in [0.25, 0.3) is 71.7 Å². The van der Waals surface area contributed by atoms with Crippen LogP contribution in [0.3, 0.4) is 0 Å². The average molecular weight is 600 g/mol. The van der Waals surface area contributed by atoms with Crippen LogP contribution in [0, 0.1) is 23.7 Å². The highest BCUT2D eigenvalue weighted by Crippen LogP contribution is 2.38. The number of fused-ring (bicyclic) bond motifs is 6. The van der Waals surface area contributed by atoms with Crippen molar-refractivity contribution < 1.29 is 0 Å². The molecule has 0 spiro atoms. The van der Waals surface area contributed by atoms with Crippen molar-refractivity contribution in [2.75, 3.05) is 0 Å². The largest absolute Gasteiger partial charge is 0.309 e. The monoisotopic (exact) mass is 599 g/mol. The number of allylic oxidation sites excluding steroid dienone is 4. The predicted octanol–water partition coefficient (Wildman–Crippen LogP) is 11.0. The van der Waals surface area contributed by atoms with Gasteiger partial charge in [-0.2, -0.15) is 5.26 Å². The zero-order valence-corrected chi connectivity index (χ0v) is 25.9. The van der Waals surface area contributed by atoms with Crippen LogP contribution < -0.4 is 0 Å². The van der Waals surface area contributed by atoms with Gasteiger partial charge in [-0.3, -0.25) is 0 Å². The van der Waals surface area contributed by atoms with Crippen LogP contribution in [0.2, 0.25) is 0 Å². The van der Waals surface area contributed by atoms with E-state index < -0.39 is 0 Å². The Morgan fingerprint density at radius 3 is 1.89 bits per heavy atom. The summed E-state index contributed by atoms with van der Waals surface area (Å²) in [6.45, 7) is 2.02. The summed E-state index contributed by atoms with van der Waals surface area (Å²) >= 11 is 0. The third-order valence-corrected chi connectivity index (χ3v) is 9.02. The second kappa shape index (κ2) is 11.4. The summed E-state index contributed by atoms with van der Waals surface area (Å²) in [5, 5.41) is 14.4. The average Bonchev–Trinajstić information content (AvgIpc) is 3.64. The molecule has 0 radical (unpaired) electrons. The highest BCUT2D eigenvalue weighted by atomic mass is 15.0. The van der Waals surface area contributed by atoms with Crippen molar-refractivity contribution in [2.24, 2.45) is 0 Å². The number of rotatable bonds is 5. The minimum absolute atomic E-state index is 0.640. The lowest BCUT2D eigenvalue weighted by atomic mass is 10.00. The first-order valence-corrected chi connectivity index (χ1v) is 15.7. The molecule has 0 bridgehead atoms. The van der Waals surface area contributed by atoms with Crippen molar-refractivity contribution in [3.8, 4) is 40.9 Å². The second-order valence-electron chi connectivity index (χ2n) is 11.6. The van der Waals surface area contributed by atoms with Gasteiger partial charge in [0, 0.05) is 32.9 Å². The Hall–Kier alpha value is -6.55. The predicted molar refractivity (Wildman–Crippen MR) is 197 cm³/mol. The van der Waals surface area contributed by atoms with E-state index in [-0.39, 0.29) is 0 Å². The number of aromatic nitrogens is 2. The number of para-hydroxylation sites is 2. The Bertz CT molecular complexity index is 2650. The van der Waals surface area contributed by atoms with Gasteiger partial charge in [-0.15, -0.1) is 6.42 Å². The second-order valence-corrected chi connectivity index (χ2v) is 11.6. The first-order chi connectivity index (χ1) is 23.2. The van der Waals surface area contributed by atoms with Gasteiger partial charge < -0.3 is 9.13 Å². The highest BCUT2D eigenvalue weighted by Gasteiger charge is 2.17. The maximum atomic E-state index is 9.81. The Labute approximate surface area is 273 Å². The molecule has 6 aromatic carbocycles. The SMILES string of the molecule is C#C/C=C\C(=C/C)c1cccc(-n2c3ccc(C#N)cc3c3cc(-c4ccc5c(c4)c4ccccc4n5-c4ccccc4)ccc32)c1. The molecule has 8 rings (SSSR count). The molecule has 3 heteroatoms. The molecule has 0 saturated heterocycles. The summed E-state index contributed by atoms with van der Waals surface area (Å²) in [5.41, 5.74) is 11.7. The molecule has 0 unspecified atom stereocenters. The van der Waals surface area contributed by atoms with Crippen molar-refractivity contribution in [3.63, 3.8) is 0 Å². The molecule has 0 atom stereocenters. The minimum Gasteiger partial charge on any atom is -0.309 e. The van der Waals surface area contributed by atoms with Gasteiger partial charge in [0.25, 0.3) is 0 Å². The summed E-state index contributed by atoms with van der Waals surface area (Å²) in [5.74, 6) is 2.60. The van der Waals surface area contributed by atoms with Crippen molar-refractivity contribution in [1.29, 1.82) is 5.26 Å². The van der Waals surface area contributed by atoms with Gasteiger partial charge >= 0.3 is 0 Å². The van der Waals surface area contributed by atoms with Gasteiger partial charge in [-0.1, -0.05) is 72.7 Å². The van der Waals surface area contributed by atoms with E-state index in [0.29, 0.717) is 5.56 Å². The fourth-order valence-corrected chi connectivity index (χ4v) is 6.88. The third-order valence-electron chi connectivity index (χ3n) is 9.02. The molecular formula is C44H29N3. The summed E-state index contributed by atoms with van der Waals surface area (Å²) in [6, 6.07) is 49.4. The van der Waals surface area contributed by atoms with Crippen LogP contribution in [-0.4, -0.2) is 9.13 Å². The molecule has 0 aliphatic carbocycles. The summed E-state index contributed by atoms with van der Waals surface area (Å²) < 4.78 is 4.62. The third kappa shape index (κ3) is 4.62. The number of terminal acetylenes is 1. The fourth-order valence-electron chi connectivity index (χ4n) is 6.88. The van der Waals surface area contributed by atoms with Crippen LogP contribution >= 0.6 is 0 Å². The minimum atomic E-state index is 0.640. The topological polar surface area (TPSA) is 33.6 Å². The summed E-state index contributed by atoms with van der Waals surface area (Å²) in [7, 11) is 0. The van der Waals surface area contributed by atoms with Crippen LogP contribution in [0.15, 0.2) is 152 Å². The zero-order valence-electron chi connectivity index (χ0n) is 25.9. The van der Waals surface area contributed by atoms with Gasteiger partial charge in [-0.25, -0.2) is 0 Å². The number of hydrogen-bond acceptors (Lipinski definition) is 1. The van der Waals surface area contributed by atoms with Gasteiger partial charge in [-0.05, 0) is 114 Å². The zero-order chi connectivity index (χ0) is 31.9. The molecule has 0 saturated carbocycles. The Kier molecular flexibility index (Phi) is 6.80. The molecule has 0 amide bonds. The highest BCUT2D eigenvalue weighted by molar-refractivity contribution is 6.13. The quantitative estimate of drug-likeness (QED) is 0.143. The molecule has 3 nitrogen and oxygen atoms in total. The van der Waals surface area contributed by atoms with Crippen molar-refractivity contribution >= 4 is 49.2 Å². The molecule has 47 heavy (non-hydrogen) atoms. The normalized spacial score (nSPS) is 11.9. The van der Waals surface area contributed by atoms with E-state index >= 15 is 0 Å². The lowest BCUT2D eigenvalue weighted by molar-refractivity contribution is 1.18. The van der Waals surface area contributed by atoms with Crippen LogP contribution in [0.5, 0.6) is 0 Å². The Morgan fingerprint density at radius 1 is 0.596 bits per heavy atom. The molecule has 0 fully saturated rings. The van der Waals surface area contributed by atoms with Crippen molar-refractivity contribution in [2.45, 2.75) is 6.92 Å². The molecule has 0 aliphatic rings. The number of nitriles is 1. The Balaban J connectivity index is 1.33. The fraction of sp³-hybridized carbons (Fsp3) is 0.0227. The van der Waals surface area contributed by atoms with Gasteiger partial charge in [0.2, 0.25) is 0 Å². The maximum absolute atomic E-state index is 9.81. The molecule has 8 aromatic rings. The van der Waals surface area contributed by atoms with E-state index in [2.05, 4.69) is 149 Å². The lowest BCUT2D eigenvalue weighted by Crippen LogP contribution is -1.95. The molecular weight excluding hydrogens is 571 g/mol.